The first-order valence-electron chi connectivity index (χ1n) is 15.3. The smallest absolute Gasteiger partial charge is 0.265 e. The van der Waals surface area contributed by atoms with E-state index in [0.717, 1.165) is 61.8 Å². The van der Waals surface area contributed by atoms with Crippen molar-refractivity contribution in [1.82, 2.24) is 14.2 Å². The zero-order valence-corrected chi connectivity index (χ0v) is 26.7. The Kier molecular flexibility index (Phi) is 9.44. The number of aryl methyl sites for hydroxylation is 2. The quantitative estimate of drug-likeness (QED) is 0.215. The van der Waals surface area contributed by atoms with Crippen molar-refractivity contribution in [3.05, 3.63) is 94.7 Å². The van der Waals surface area contributed by atoms with Gasteiger partial charge in [-0.1, -0.05) is 56.7 Å². The van der Waals surface area contributed by atoms with Crippen molar-refractivity contribution in [2.45, 2.75) is 64.3 Å². The first-order chi connectivity index (χ1) is 21.1. The molecule has 8 nitrogen and oxygen atoms in total. The lowest BCUT2D eigenvalue weighted by Gasteiger charge is -2.16. The molecule has 0 radical (unpaired) electrons. The van der Waals surface area contributed by atoms with Crippen molar-refractivity contribution >= 4 is 32.7 Å². The number of rotatable bonds is 12. The summed E-state index contributed by atoms with van der Waals surface area (Å²) >= 11 is 0. The number of aromatic nitrogens is 1. The molecule has 2 heterocycles. The molecule has 1 N–H and O–H groups in total. The van der Waals surface area contributed by atoms with Crippen molar-refractivity contribution < 1.29 is 22.7 Å². The second-order valence-electron chi connectivity index (χ2n) is 11.6. The average Bonchev–Trinajstić information content (AvgIpc) is 3.52. The van der Waals surface area contributed by atoms with Gasteiger partial charge in [0, 0.05) is 47.2 Å². The average molecular weight is 616 g/mol. The summed E-state index contributed by atoms with van der Waals surface area (Å²) in [7, 11) is -2.49. The van der Waals surface area contributed by atoms with Crippen LogP contribution in [0, 0.1) is 12.8 Å². The fraction of sp³-hybridized carbons (Fsp3) is 0.371. The number of nitrogens with one attached hydrogen (secondary N) is 1. The van der Waals surface area contributed by atoms with Gasteiger partial charge in [-0.05, 0) is 73.6 Å². The first kappa shape index (κ1) is 31.3. The number of hydrogen-bond donors (Lipinski definition) is 1. The van der Waals surface area contributed by atoms with Crippen LogP contribution in [0.25, 0.3) is 10.9 Å². The van der Waals surface area contributed by atoms with E-state index in [0.29, 0.717) is 17.9 Å². The van der Waals surface area contributed by atoms with Gasteiger partial charge in [-0.2, -0.15) is 0 Å². The summed E-state index contributed by atoms with van der Waals surface area (Å²) in [5, 5.41) is 1.19. The lowest BCUT2D eigenvalue weighted by Crippen LogP contribution is -2.31. The number of benzene rings is 3. The number of likely N-dealkylation sites (tertiary alicyclic amines) is 1. The van der Waals surface area contributed by atoms with Crippen molar-refractivity contribution in [2.24, 2.45) is 5.92 Å². The minimum absolute atomic E-state index is 0.0194. The second kappa shape index (κ2) is 13.3. The molecule has 9 heteroatoms. The van der Waals surface area contributed by atoms with Gasteiger partial charge < -0.3 is 14.2 Å². The number of amides is 2. The van der Waals surface area contributed by atoms with E-state index in [9.17, 15) is 18.0 Å². The molecule has 0 spiro atoms. The van der Waals surface area contributed by atoms with Crippen LogP contribution >= 0.6 is 0 Å². The van der Waals surface area contributed by atoms with Crippen molar-refractivity contribution in [3.8, 4) is 5.75 Å². The van der Waals surface area contributed by atoms with Crippen LogP contribution in [-0.4, -0.2) is 49.9 Å². The number of ether oxygens (including phenoxy) is 1. The van der Waals surface area contributed by atoms with Crippen LogP contribution in [0.5, 0.6) is 5.75 Å². The molecular formula is C35H41N3O5S. The monoisotopic (exact) mass is 615 g/mol. The fourth-order valence-corrected chi connectivity index (χ4v) is 7.42. The number of hydrogen-bond acceptors (Lipinski definition) is 5. The van der Waals surface area contributed by atoms with Crippen LogP contribution < -0.4 is 9.46 Å². The molecular weight excluding hydrogens is 574 g/mol. The second-order valence-corrected chi connectivity index (χ2v) is 13.3. The summed E-state index contributed by atoms with van der Waals surface area (Å²) in [6.07, 6.45) is 6.73. The van der Waals surface area contributed by atoms with Crippen molar-refractivity contribution in [1.29, 1.82) is 0 Å². The Morgan fingerprint density at radius 3 is 2.55 bits per heavy atom. The van der Waals surface area contributed by atoms with E-state index in [1.54, 1.807) is 44.4 Å². The van der Waals surface area contributed by atoms with E-state index < -0.39 is 15.9 Å². The van der Waals surface area contributed by atoms with Gasteiger partial charge in [0.2, 0.25) is 5.91 Å². The lowest BCUT2D eigenvalue weighted by molar-refractivity contribution is -0.130. The molecule has 0 saturated carbocycles. The van der Waals surface area contributed by atoms with Gasteiger partial charge >= 0.3 is 0 Å². The maximum atomic E-state index is 13.0. The summed E-state index contributed by atoms with van der Waals surface area (Å²) in [6, 6.07) is 18.1. The number of nitrogens with zero attached hydrogens (tertiary/aromatic N) is 2. The minimum Gasteiger partial charge on any atom is -0.496 e. The van der Waals surface area contributed by atoms with Gasteiger partial charge in [0.15, 0.2) is 0 Å². The van der Waals surface area contributed by atoms with E-state index >= 15 is 0 Å². The molecule has 0 aliphatic carbocycles. The third-order valence-electron chi connectivity index (χ3n) is 8.43. The predicted octanol–water partition coefficient (Wildman–Crippen LogP) is 5.88. The predicted molar refractivity (Wildman–Crippen MR) is 173 cm³/mol. The highest BCUT2D eigenvalue weighted by atomic mass is 32.2. The summed E-state index contributed by atoms with van der Waals surface area (Å²) in [5.74, 6) is 0.0485. The standard InChI is InChI=1S/C35H41N3O5S/c1-5-9-28-22-38(31-20-25(12-15-30(28)31)19-27-16-18-37(17-6-2)35(27)40)23-29-14-13-26(21-32(29)43-4)34(39)36-44(41,42)33-11-8-7-10-24(33)3/h7-8,10-15,20-22,27H,5-6,9,16-19,23H2,1-4H3,(H,36,39). The topological polar surface area (TPSA) is 97.7 Å². The van der Waals surface area contributed by atoms with Gasteiger partial charge in [0.05, 0.1) is 18.6 Å². The highest BCUT2D eigenvalue weighted by Gasteiger charge is 2.31. The van der Waals surface area contributed by atoms with E-state index in [4.69, 9.17) is 4.74 Å². The Bertz CT molecular complexity index is 1790. The number of carbonyl (C=O) groups excluding carboxylic acids is 2. The van der Waals surface area contributed by atoms with E-state index in [2.05, 4.69) is 47.5 Å². The first-order valence-corrected chi connectivity index (χ1v) is 16.8. The molecule has 2 amide bonds. The zero-order chi connectivity index (χ0) is 31.4. The largest absolute Gasteiger partial charge is 0.496 e. The molecule has 1 aromatic heterocycles. The summed E-state index contributed by atoms with van der Waals surface area (Å²) < 4.78 is 35.8. The highest BCUT2D eigenvalue weighted by molar-refractivity contribution is 7.90. The number of carbonyl (C=O) groups is 2. The third kappa shape index (κ3) is 6.53. The molecule has 1 aliphatic heterocycles. The van der Waals surface area contributed by atoms with E-state index in [-0.39, 0.29) is 22.3 Å². The van der Waals surface area contributed by atoms with E-state index in [1.807, 2.05) is 11.0 Å². The van der Waals surface area contributed by atoms with Gasteiger partial charge in [-0.3, -0.25) is 9.59 Å². The number of fused-ring (bicyclic) bond motifs is 1. The Balaban J connectivity index is 1.40. The lowest BCUT2D eigenvalue weighted by atomic mass is 9.96. The maximum Gasteiger partial charge on any atom is 0.265 e. The molecule has 3 aromatic carbocycles. The molecule has 4 aromatic rings. The maximum absolute atomic E-state index is 13.0. The molecule has 1 fully saturated rings. The molecule has 44 heavy (non-hydrogen) atoms. The molecule has 232 valence electrons. The van der Waals surface area contributed by atoms with Crippen molar-refractivity contribution in [2.75, 3.05) is 20.2 Å². The Morgan fingerprint density at radius 2 is 1.82 bits per heavy atom. The number of sulfonamides is 1. The Hall–Kier alpha value is -4.11. The zero-order valence-electron chi connectivity index (χ0n) is 25.9. The van der Waals surface area contributed by atoms with Gasteiger partial charge in [0.1, 0.15) is 5.75 Å². The summed E-state index contributed by atoms with van der Waals surface area (Å²) in [6.45, 7) is 8.11. The summed E-state index contributed by atoms with van der Waals surface area (Å²) in [5.41, 5.74) is 5.10. The molecule has 5 rings (SSSR count). The van der Waals surface area contributed by atoms with Crippen LogP contribution in [0.3, 0.4) is 0 Å². The van der Waals surface area contributed by atoms with Crippen LogP contribution in [-0.2, 0) is 34.2 Å². The fourth-order valence-electron chi connectivity index (χ4n) is 6.20. The van der Waals surface area contributed by atoms with Crippen LogP contribution in [0.15, 0.2) is 71.8 Å². The van der Waals surface area contributed by atoms with Gasteiger partial charge in [-0.25, -0.2) is 13.1 Å². The summed E-state index contributed by atoms with van der Waals surface area (Å²) in [4.78, 5) is 28.0. The highest BCUT2D eigenvalue weighted by Crippen LogP contribution is 2.30. The molecule has 1 aliphatic rings. The normalized spacial score (nSPS) is 15.2. The number of methoxy groups -OCH3 is 1. The Labute approximate surface area is 260 Å². The molecule has 0 bridgehead atoms. The van der Waals surface area contributed by atoms with Gasteiger partial charge in [0.25, 0.3) is 15.9 Å². The SMILES string of the molecule is CCCc1cn(Cc2ccc(C(=O)NS(=O)(=O)c3ccccc3C)cc2OC)c2cc(CC3CCN(CCC)C3=O)ccc12. The van der Waals surface area contributed by atoms with Crippen LogP contribution in [0.1, 0.15) is 65.7 Å². The van der Waals surface area contributed by atoms with Crippen LogP contribution in [0.4, 0.5) is 0 Å². The molecule has 1 unspecified atom stereocenters. The third-order valence-corrected chi connectivity index (χ3v) is 9.92. The van der Waals surface area contributed by atoms with Gasteiger partial charge in [-0.15, -0.1) is 0 Å². The minimum atomic E-state index is -4.03. The molecule has 1 atom stereocenters. The van der Waals surface area contributed by atoms with Crippen LogP contribution in [0.2, 0.25) is 0 Å². The molecule has 1 saturated heterocycles. The Morgan fingerprint density at radius 1 is 1.02 bits per heavy atom. The van der Waals surface area contributed by atoms with E-state index in [1.165, 1.54) is 17.0 Å². The van der Waals surface area contributed by atoms with Crippen molar-refractivity contribution in [3.63, 3.8) is 0 Å².